The zero-order chi connectivity index (χ0) is 11.4. The standard InChI is InChI=1S/C12H18N2O/c1-9-5-4-6-11(7-9)12(15)14(3)10(2)8-13/h4-7,10H,8,13H2,1-3H3. The number of rotatable bonds is 3. The Kier molecular flexibility index (Phi) is 3.86. The van der Waals surface area contributed by atoms with E-state index in [-0.39, 0.29) is 11.9 Å². The molecule has 1 aromatic rings. The second kappa shape index (κ2) is 4.94. The number of aryl methyl sites for hydroxylation is 1. The molecule has 3 heteroatoms. The van der Waals surface area contributed by atoms with Gasteiger partial charge in [-0.05, 0) is 26.0 Å². The first kappa shape index (κ1) is 11.7. The smallest absolute Gasteiger partial charge is 0.253 e. The number of benzene rings is 1. The Balaban J connectivity index is 2.85. The summed E-state index contributed by atoms with van der Waals surface area (Å²) in [4.78, 5) is 13.6. The van der Waals surface area contributed by atoms with E-state index in [2.05, 4.69) is 0 Å². The van der Waals surface area contributed by atoms with E-state index < -0.39 is 0 Å². The van der Waals surface area contributed by atoms with Gasteiger partial charge in [0.25, 0.3) is 5.91 Å². The van der Waals surface area contributed by atoms with Gasteiger partial charge in [-0.2, -0.15) is 0 Å². The van der Waals surface area contributed by atoms with Crippen molar-refractivity contribution in [3.63, 3.8) is 0 Å². The fourth-order valence-electron chi connectivity index (χ4n) is 1.34. The summed E-state index contributed by atoms with van der Waals surface area (Å²) in [5.74, 6) is 0.0247. The van der Waals surface area contributed by atoms with Crippen molar-refractivity contribution in [2.45, 2.75) is 19.9 Å². The van der Waals surface area contributed by atoms with Crippen LogP contribution < -0.4 is 5.73 Å². The molecule has 0 aliphatic heterocycles. The lowest BCUT2D eigenvalue weighted by atomic mass is 10.1. The summed E-state index contributed by atoms with van der Waals surface area (Å²) in [5, 5.41) is 0. The highest BCUT2D eigenvalue weighted by molar-refractivity contribution is 5.94. The van der Waals surface area contributed by atoms with E-state index in [0.717, 1.165) is 11.1 Å². The monoisotopic (exact) mass is 206 g/mol. The van der Waals surface area contributed by atoms with Crippen molar-refractivity contribution >= 4 is 5.91 Å². The zero-order valence-corrected chi connectivity index (χ0v) is 9.53. The largest absolute Gasteiger partial charge is 0.338 e. The van der Waals surface area contributed by atoms with Gasteiger partial charge in [0.15, 0.2) is 0 Å². The maximum absolute atomic E-state index is 12.0. The molecule has 0 saturated carbocycles. The number of carbonyl (C=O) groups is 1. The zero-order valence-electron chi connectivity index (χ0n) is 9.53. The van der Waals surface area contributed by atoms with Crippen LogP contribution in [0.5, 0.6) is 0 Å². The van der Waals surface area contributed by atoms with Crippen molar-refractivity contribution in [2.75, 3.05) is 13.6 Å². The molecule has 0 bridgehead atoms. The first-order valence-electron chi connectivity index (χ1n) is 5.10. The highest BCUT2D eigenvalue weighted by Crippen LogP contribution is 2.08. The maximum Gasteiger partial charge on any atom is 0.253 e. The van der Waals surface area contributed by atoms with Gasteiger partial charge >= 0.3 is 0 Å². The molecule has 0 fully saturated rings. The molecule has 0 heterocycles. The van der Waals surface area contributed by atoms with Crippen LogP contribution in [0.25, 0.3) is 0 Å². The molecule has 1 atom stereocenters. The van der Waals surface area contributed by atoms with Gasteiger partial charge in [-0.1, -0.05) is 17.7 Å². The second-order valence-electron chi connectivity index (χ2n) is 3.87. The molecular formula is C12H18N2O. The molecule has 1 unspecified atom stereocenters. The number of carbonyl (C=O) groups excluding carboxylic acids is 1. The molecular weight excluding hydrogens is 188 g/mol. The summed E-state index contributed by atoms with van der Waals surface area (Å²) < 4.78 is 0. The van der Waals surface area contributed by atoms with E-state index in [1.807, 2.05) is 38.1 Å². The molecule has 82 valence electrons. The number of nitrogens with zero attached hydrogens (tertiary/aromatic N) is 1. The molecule has 1 rings (SSSR count). The quantitative estimate of drug-likeness (QED) is 0.813. The van der Waals surface area contributed by atoms with Crippen molar-refractivity contribution in [3.05, 3.63) is 35.4 Å². The van der Waals surface area contributed by atoms with Gasteiger partial charge in [0.2, 0.25) is 0 Å². The summed E-state index contributed by atoms with van der Waals surface area (Å²) >= 11 is 0. The third-order valence-electron chi connectivity index (χ3n) is 2.59. The second-order valence-corrected chi connectivity index (χ2v) is 3.87. The van der Waals surface area contributed by atoms with Crippen LogP contribution in [0.2, 0.25) is 0 Å². The molecule has 15 heavy (non-hydrogen) atoms. The minimum atomic E-state index is 0.0247. The maximum atomic E-state index is 12.0. The molecule has 0 aliphatic rings. The van der Waals surface area contributed by atoms with Crippen LogP contribution in [-0.2, 0) is 0 Å². The molecule has 0 spiro atoms. The lowest BCUT2D eigenvalue weighted by Crippen LogP contribution is -2.39. The fourth-order valence-corrected chi connectivity index (χ4v) is 1.34. The number of likely N-dealkylation sites (N-methyl/N-ethyl adjacent to an activating group) is 1. The average molecular weight is 206 g/mol. The van der Waals surface area contributed by atoms with Crippen LogP contribution in [0.4, 0.5) is 0 Å². The van der Waals surface area contributed by atoms with Gasteiger partial charge in [-0.25, -0.2) is 0 Å². The van der Waals surface area contributed by atoms with Crippen LogP contribution in [0, 0.1) is 6.92 Å². The first-order chi connectivity index (χ1) is 7.06. The summed E-state index contributed by atoms with van der Waals surface area (Å²) in [6, 6.07) is 7.65. The van der Waals surface area contributed by atoms with Crippen LogP contribution in [-0.4, -0.2) is 30.4 Å². The average Bonchev–Trinajstić information content (AvgIpc) is 2.26. The Labute approximate surface area is 90.9 Å². The van der Waals surface area contributed by atoms with Crippen molar-refractivity contribution in [1.29, 1.82) is 0 Å². The fraction of sp³-hybridized carbons (Fsp3) is 0.417. The molecule has 1 amide bonds. The molecule has 0 saturated heterocycles. The Morgan fingerprint density at radius 1 is 1.53 bits per heavy atom. The Morgan fingerprint density at radius 2 is 2.20 bits per heavy atom. The van der Waals surface area contributed by atoms with Crippen molar-refractivity contribution in [1.82, 2.24) is 4.90 Å². The molecule has 0 aliphatic carbocycles. The first-order valence-corrected chi connectivity index (χ1v) is 5.10. The SMILES string of the molecule is Cc1cccc(C(=O)N(C)C(C)CN)c1. The normalized spacial score (nSPS) is 12.3. The predicted molar refractivity (Wildman–Crippen MR) is 61.8 cm³/mol. The Morgan fingerprint density at radius 3 is 2.73 bits per heavy atom. The number of hydrogen-bond acceptors (Lipinski definition) is 2. The van der Waals surface area contributed by atoms with E-state index in [9.17, 15) is 4.79 Å². The van der Waals surface area contributed by atoms with Crippen molar-refractivity contribution in [3.8, 4) is 0 Å². The van der Waals surface area contributed by atoms with Gasteiger partial charge < -0.3 is 10.6 Å². The van der Waals surface area contributed by atoms with Gasteiger partial charge in [0.05, 0.1) is 0 Å². The minimum absolute atomic E-state index is 0.0247. The van der Waals surface area contributed by atoms with Crippen LogP contribution in [0.3, 0.4) is 0 Å². The summed E-state index contributed by atoms with van der Waals surface area (Å²) in [5.41, 5.74) is 7.34. The predicted octanol–water partition coefficient (Wildman–Crippen LogP) is 1.41. The number of hydrogen-bond donors (Lipinski definition) is 1. The van der Waals surface area contributed by atoms with Crippen LogP contribution in [0.1, 0.15) is 22.8 Å². The molecule has 1 aromatic carbocycles. The van der Waals surface area contributed by atoms with Gasteiger partial charge in [-0.3, -0.25) is 4.79 Å². The van der Waals surface area contributed by atoms with Gasteiger partial charge in [-0.15, -0.1) is 0 Å². The highest BCUT2D eigenvalue weighted by Gasteiger charge is 2.15. The van der Waals surface area contributed by atoms with Gasteiger partial charge in [0.1, 0.15) is 0 Å². The lowest BCUT2D eigenvalue weighted by molar-refractivity contribution is 0.0748. The van der Waals surface area contributed by atoms with E-state index in [4.69, 9.17) is 5.73 Å². The Hall–Kier alpha value is -1.35. The molecule has 3 nitrogen and oxygen atoms in total. The topological polar surface area (TPSA) is 46.3 Å². The van der Waals surface area contributed by atoms with Crippen LogP contribution in [0.15, 0.2) is 24.3 Å². The highest BCUT2D eigenvalue weighted by atomic mass is 16.2. The van der Waals surface area contributed by atoms with E-state index >= 15 is 0 Å². The third kappa shape index (κ3) is 2.80. The van der Waals surface area contributed by atoms with Crippen molar-refractivity contribution in [2.24, 2.45) is 5.73 Å². The number of amides is 1. The molecule has 0 radical (unpaired) electrons. The van der Waals surface area contributed by atoms with Gasteiger partial charge in [0, 0.05) is 25.2 Å². The Bertz CT molecular complexity index is 349. The summed E-state index contributed by atoms with van der Waals surface area (Å²) in [7, 11) is 1.78. The van der Waals surface area contributed by atoms with E-state index in [1.165, 1.54) is 0 Å². The third-order valence-corrected chi connectivity index (χ3v) is 2.59. The number of nitrogens with two attached hydrogens (primary N) is 1. The molecule has 0 aromatic heterocycles. The minimum Gasteiger partial charge on any atom is -0.338 e. The summed E-state index contributed by atoms with van der Waals surface area (Å²) in [6.45, 7) is 4.39. The lowest BCUT2D eigenvalue weighted by Gasteiger charge is -2.23. The van der Waals surface area contributed by atoms with Crippen molar-refractivity contribution < 1.29 is 4.79 Å². The molecule has 2 N–H and O–H groups in total. The van der Waals surface area contributed by atoms with Crippen LogP contribution >= 0.6 is 0 Å². The van der Waals surface area contributed by atoms with E-state index in [1.54, 1.807) is 11.9 Å². The van der Waals surface area contributed by atoms with E-state index in [0.29, 0.717) is 6.54 Å². The summed E-state index contributed by atoms with van der Waals surface area (Å²) in [6.07, 6.45) is 0.